The Morgan fingerprint density at radius 3 is 2.61 bits per heavy atom. The van der Waals surface area contributed by atoms with Gasteiger partial charge in [0.2, 0.25) is 0 Å². The van der Waals surface area contributed by atoms with Crippen LogP contribution in [-0.4, -0.2) is 16.7 Å². The highest BCUT2D eigenvalue weighted by atomic mass is 35.5. The van der Waals surface area contributed by atoms with Gasteiger partial charge in [0, 0.05) is 16.1 Å². The van der Waals surface area contributed by atoms with Crippen LogP contribution < -0.4 is 5.32 Å². The molecule has 5 heteroatoms. The number of rotatable bonds is 3. The lowest BCUT2D eigenvalue weighted by atomic mass is 10.1. The number of hydrogen-bond acceptors (Lipinski definition) is 3. The highest BCUT2D eigenvalue weighted by Crippen LogP contribution is 2.19. The number of aliphatic hydroxyl groups excluding tert-OH is 1. The summed E-state index contributed by atoms with van der Waals surface area (Å²) in [7, 11) is 0. The van der Waals surface area contributed by atoms with E-state index in [1.807, 2.05) is 20.8 Å². The van der Waals surface area contributed by atoms with E-state index in [9.17, 15) is 4.79 Å². The van der Waals surface area contributed by atoms with Gasteiger partial charge in [0.25, 0.3) is 0 Å². The van der Waals surface area contributed by atoms with Crippen molar-refractivity contribution in [2.24, 2.45) is 0 Å². The van der Waals surface area contributed by atoms with E-state index in [2.05, 4.69) is 5.32 Å². The number of aliphatic hydroxyl groups is 1. The highest BCUT2D eigenvalue weighted by molar-refractivity contribution is 6.31. The van der Waals surface area contributed by atoms with Gasteiger partial charge in [-0.1, -0.05) is 23.7 Å². The average Bonchev–Trinajstić information content (AvgIpc) is 2.25. The van der Waals surface area contributed by atoms with Gasteiger partial charge in [-0.25, -0.2) is 4.79 Å². The summed E-state index contributed by atoms with van der Waals surface area (Å²) in [6.45, 7) is 5.66. The molecule has 0 saturated heterocycles. The van der Waals surface area contributed by atoms with Crippen molar-refractivity contribution in [1.29, 1.82) is 0 Å². The number of benzene rings is 1. The van der Waals surface area contributed by atoms with Crippen LogP contribution in [0.15, 0.2) is 18.2 Å². The average molecular weight is 272 g/mol. The summed E-state index contributed by atoms with van der Waals surface area (Å²) >= 11 is 6.00. The number of hydrogen-bond donors (Lipinski definition) is 2. The molecule has 1 aromatic carbocycles. The maximum Gasteiger partial charge on any atom is 0.407 e. The zero-order valence-electron chi connectivity index (χ0n) is 10.8. The molecule has 100 valence electrons. The number of amides is 1. The zero-order valence-corrected chi connectivity index (χ0v) is 11.5. The van der Waals surface area contributed by atoms with Crippen LogP contribution in [0.25, 0.3) is 0 Å². The lowest BCUT2D eigenvalue weighted by Gasteiger charge is -2.20. The van der Waals surface area contributed by atoms with Gasteiger partial charge in [-0.05, 0) is 32.4 Å². The van der Waals surface area contributed by atoms with Crippen molar-refractivity contribution in [2.75, 3.05) is 0 Å². The first-order chi connectivity index (χ1) is 8.31. The normalized spacial score (nSPS) is 11.2. The standard InChI is InChI=1S/C13H18ClNO3/c1-13(2,3)15-12(17)18-8-10-5-4-9(7-16)6-11(10)14/h4-6,16H,7-8H2,1-3H3,(H,15,17). The molecule has 0 spiro atoms. The minimum Gasteiger partial charge on any atom is -0.445 e. The molecule has 2 N–H and O–H groups in total. The molecular weight excluding hydrogens is 254 g/mol. The summed E-state index contributed by atoms with van der Waals surface area (Å²) in [6, 6.07) is 5.13. The van der Waals surface area contributed by atoms with Crippen LogP contribution in [-0.2, 0) is 18.0 Å². The molecule has 1 aromatic rings. The first-order valence-corrected chi connectivity index (χ1v) is 6.03. The first kappa shape index (κ1) is 14.8. The lowest BCUT2D eigenvalue weighted by molar-refractivity contribution is 0.131. The Morgan fingerprint density at radius 2 is 2.11 bits per heavy atom. The van der Waals surface area contributed by atoms with Crippen molar-refractivity contribution >= 4 is 17.7 Å². The SMILES string of the molecule is CC(C)(C)NC(=O)OCc1ccc(CO)cc1Cl. The van der Waals surface area contributed by atoms with E-state index >= 15 is 0 Å². The summed E-state index contributed by atoms with van der Waals surface area (Å²) in [6.07, 6.45) is -0.482. The number of ether oxygens (including phenoxy) is 1. The van der Waals surface area contributed by atoms with Crippen molar-refractivity contribution in [1.82, 2.24) is 5.32 Å². The fraction of sp³-hybridized carbons (Fsp3) is 0.462. The van der Waals surface area contributed by atoms with Crippen molar-refractivity contribution < 1.29 is 14.6 Å². The third-order valence-corrected chi connectivity index (χ3v) is 2.49. The highest BCUT2D eigenvalue weighted by Gasteiger charge is 2.15. The second-order valence-electron chi connectivity index (χ2n) is 5.04. The Balaban J connectivity index is 2.56. The fourth-order valence-corrected chi connectivity index (χ4v) is 1.55. The van der Waals surface area contributed by atoms with Crippen molar-refractivity contribution in [3.8, 4) is 0 Å². The van der Waals surface area contributed by atoms with Crippen LogP contribution in [0.2, 0.25) is 5.02 Å². The molecule has 0 atom stereocenters. The smallest absolute Gasteiger partial charge is 0.407 e. The molecule has 1 rings (SSSR count). The van der Waals surface area contributed by atoms with E-state index in [1.54, 1.807) is 18.2 Å². The molecule has 0 heterocycles. The van der Waals surface area contributed by atoms with Gasteiger partial charge in [0.1, 0.15) is 6.61 Å². The number of carbonyl (C=O) groups excluding carboxylic acids is 1. The van der Waals surface area contributed by atoms with Gasteiger partial charge < -0.3 is 15.2 Å². The molecule has 0 fully saturated rings. The predicted molar refractivity (Wildman–Crippen MR) is 70.4 cm³/mol. The van der Waals surface area contributed by atoms with E-state index < -0.39 is 6.09 Å². The minimum atomic E-state index is -0.482. The van der Waals surface area contributed by atoms with Crippen LogP contribution in [0.1, 0.15) is 31.9 Å². The second-order valence-corrected chi connectivity index (χ2v) is 5.44. The Hall–Kier alpha value is -1.26. The topological polar surface area (TPSA) is 58.6 Å². The molecule has 0 aromatic heterocycles. The Kier molecular flexibility index (Phi) is 4.99. The maximum absolute atomic E-state index is 11.4. The van der Waals surface area contributed by atoms with Crippen molar-refractivity contribution in [3.05, 3.63) is 34.3 Å². The van der Waals surface area contributed by atoms with Gasteiger partial charge in [-0.3, -0.25) is 0 Å². The molecule has 0 saturated carbocycles. The van der Waals surface area contributed by atoms with E-state index in [0.29, 0.717) is 10.6 Å². The van der Waals surface area contributed by atoms with Crippen LogP contribution >= 0.6 is 11.6 Å². The molecule has 0 radical (unpaired) electrons. The molecule has 1 amide bonds. The van der Waals surface area contributed by atoms with Gasteiger partial charge in [0.05, 0.1) is 6.61 Å². The van der Waals surface area contributed by atoms with Gasteiger partial charge >= 0.3 is 6.09 Å². The molecular formula is C13H18ClNO3. The monoisotopic (exact) mass is 271 g/mol. The lowest BCUT2D eigenvalue weighted by Crippen LogP contribution is -2.40. The Bertz CT molecular complexity index is 427. The quantitative estimate of drug-likeness (QED) is 0.889. The van der Waals surface area contributed by atoms with Gasteiger partial charge in [-0.15, -0.1) is 0 Å². The molecule has 0 aliphatic carbocycles. The summed E-state index contributed by atoms with van der Waals surface area (Å²) in [5, 5.41) is 12.1. The van der Waals surface area contributed by atoms with Crippen LogP contribution in [0.3, 0.4) is 0 Å². The van der Waals surface area contributed by atoms with E-state index in [1.165, 1.54) is 0 Å². The summed E-state index contributed by atoms with van der Waals surface area (Å²) < 4.78 is 5.06. The molecule has 4 nitrogen and oxygen atoms in total. The van der Waals surface area contributed by atoms with Gasteiger partial charge in [-0.2, -0.15) is 0 Å². The summed E-state index contributed by atoms with van der Waals surface area (Å²) in [4.78, 5) is 11.4. The van der Waals surface area contributed by atoms with Crippen molar-refractivity contribution in [3.63, 3.8) is 0 Å². The molecule has 0 bridgehead atoms. The maximum atomic E-state index is 11.4. The molecule has 0 unspecified atom stereocenters. The third kappa shape index (κ3) is 4.94. The number of alkyl carbamates (subject to hydrolysis) is 1. The Morgan fingerprint density at radius 1 is 1.44 bits per heavy atom. The number of carbonyl (C=O) groups is 1. The number of nitrogens with one attached hydrogen (secondary N) is 1. The summed E-state index contributed by atoms with van der Waals surface area (Å²) in [5.41, 5.74) is 1.10. The van der Waals surface area contributed by atoms with Crippen LogP contribution in [0.5, 0.6) is 0 Å². The Labute approximate surface area is 112 Å². The second kappa shape index (κ2) is 6.07. The number of halogens is 1. The largest absolute Gasteiger partial charge is 0.445 e. The van der Waals surface area contributed by atoms with Crippen LogP contribution in [0.4, 0.5) is 4.79 Å². The first-order valence-electron chi connectivity index (χ1n) is 5.65. The van der Waals surface area contributed by atoms with Crippen LogP contribution in [0, 0.1) is 0 Å². The molecule has 0 aliphatic heterocycles. The van der Waals surface area contributed by atoms with Gasteiger partial charge in [0.15, 0.2) is 0 Å². The zero-order chi connectivity index (χ0) is 13.8. The predicted octanol–water partition coefficient (Wildman–Crippen LogP) is 2.86. The van der Waals surface area contributed by atoms with Crippen molar-refractivity contribution in [2.45, 2.75) is 39.5 Å². The summed E-state index contributed by atoms with van der Waals surface area (Å²) in [5.74, 6) is 0. The molecule has 0 aliphatic rings. The third-order valence-electron chi connectivity index (χ3n) is 2.14. The van der Waals surface area contributed by atoms with E-state index in [0.717, 1.165) is 5.56 Å². The van der Waals surface area contributed by atoms with E-state index in [-0.39, 0.29) is 18.8 Å². The fourth-order valence-electron chi connectivity index (χ4n) is 1.29. The van der Waals surface area contributed by atoms with E-state index in [4.69, 9.17) is 21.4 Å². The molecule has 18 heavy (non-hydrogen) atoms. The minimum absolute atomic E-state index is 0.0641.